The van der Waals surface area contributed by atoms with Gasteiger partial charge < -0.3 is 5.11 Å². The summed E-state index contributed by atoms with van der Waals surface area (Å²) in [6.45, 7) is 0. The predicted octanol–water partition coefficient (Wildman–Crippen LogP) is 0.869. The van der Waals surface area contributed by atoms with Crippen molar-refractivity contribution in [3.63, 3.8) is 0 Å². The van der Waals surface area contributed by atoms with Gasteiger partial charge in [0.05, 0.1) is 16.6 Å². The molecule has 1 unspecified atom stereocenters. The summed E-state index contributed by atoms with van der Waals surface area (Å²) in [6.07, 6.45) is 4.70. The standard InChI is InChI=1S/C9H16O3S/c10-9(5-1-2-6-9)8-4-3-7-13(8,11)12/h8,10H,1-7H2. The lowest BCUT2D eigenvalue weighted by atomic mass is 9.95. The highest BCUT2D eigenvalue weighted by atomic mass is 32.2. The summed E-state index contributed by atoms with van der Waals surface area (Å²) in [4.78, 5) is 0. The molecular weight excluding hydrogens is 188 g/mol. The van der Waals surface area contributed by atoms with Gasteiger partial charge in [0.1, 0.15) is 0 Å². The summed E-state index contributed by atoms with van der Waals surface area (Å²) in [5, 5.41) is 9.69. The zero-order chi connectivity index (χ0) is 9.53. The molecule has 4 heteroatoms. The monoisotopic (exact) mass is 204 g/mol. The lowest BCUT2D eigenvalue weighted by Crippen LogP contribution is -2.42. The van der Waals surface area contributed by atoms with Crippen LogP contribution in [0.3, 0.4) is 0 Å². The minimum atomic E-state index is -2.98. The molecule has 2 aliphatic rings. The van der Waals surface area contributed by atoms with Gasteiger partial charge in [-0.15, -0.1) is 0 Å². The van der Waals surface area contributed by atoms with Crippen molar-refractivity contribution in [2.24, 2.45) is 0 Å². The fourth-order valence-electron chi connectivity index (χ4n) is 2.70. The van der Waals surface area contributed by atoms with Crippen molar-refractivity contribution in [1.29, 1.82) is 0 Å². The Labute approximate surface area is 79.1 Å². The van der Waals surface area contributed by atoms with Crippen LogP contribution in [0.5, 0.6) is 0 Å². The van der Waals surface area contributed by atoms with Gasteiger partial charge >= 0.3 is 0 Å². The largest absolute Gasteiger partial charge is 0.389 e. The molecule has 76 valence electrons. The van der Waals surface area contributed by atoms with E-state index in [1.807, 2.05) is 0 Å². The fourth-order valence-corrected chi connectivity index (χ4v) is 4.99. The summed E-state index contributed by atoms with van der Waals surface area (Å²) in [5.74, 6) is 0.278. The molecule has 0 spiro atoms. The second kappa shape index (κ2) is 2.95. The Balaban J connectivity index is 2.25. The van der Waals surface area contributed by atoms with E-state index >= 15 is 0 Å². The van der Waals surface area contributed by atoms with E-state index in [0.717, 1.165) is 19.3 Å². The molecule has 3 nitrogen and oxygen atoms in total. The summed E-state index contributed by atoms with van der Waals surface area (Å²) in [5.41, 5.74) is -0.880. The molecule has 0 aromatic rings. The van der Waals surface area contributed by atoms with E-state index in [1.165, 1.54) is 0 Å². The van der Waals surface area contributed by atoms with Crippen LogP contribution in [-0.4, -0.2) is 30.1 Å². The molecule has 0 aromatic carbocycles. The Kier molecular flexibility index (Phi) is 2.15. The Hall–Kier alpha value is -0.0900. The average Bonchev–Trinajstić information content (AvgIpc) is 2.57. The van der Waals surface area contributed by atoms with Gasteiger partial charge in [-0.25, -0.2) is 8.42 Å². The quantitative estimate of drug-likeness (QED) is 0.689. The van der Waals surface area contributed by atoms with Gasteiger partial charge in [-0.05, 0) is 25.7 Å². The van der Waals surface area contributed by atoms with Crippen LogP contribution in [0.1, 0.15) is 38.5 Å². The molecule has 0 bridgehead atoms. The molecule has 0 amide bonds. The summed E-state index contributed by atoms with van der Waals surface area (Å²) < 4.78 is 23.2. The van der Waals surface area contributed by atoms with E-state index in [1.54, 1.807) is 0 Å². The average molecular weight is 204 g/mol. The van der Waals surface area contributed by atoms with Crippen molar-refractivity contribution >= 4 is 9.84 Å². The Morgan fingerprint density at radius 1 is 1.15 bits per heavy atom. The Bertz CT molecular complexity index is 288. The van der Waals surface area contributed by atoms with Gasteiger partial charge in [-0.3, -0.25) is 0 Å². The van der Waals surface area contributed by atoms with E-state index in [4.69, 9.17) is 0 Å². The molecule has 0 radical (unpaired) electrons. The maximum atomic E-state index is 11.6. The molecule has 1 atom stereocenters. The highest BCUT2D eigenvalue weighted by molar-refractivity contribution is 7.92. The molecule has 1 aliphatic heterocycles. The third-order valence-corrected chi connectivity index (χ3v) is 5.80. The number of rotatable bonds is 1. The molecule has 2 fully saturated rings. The molecule has 1 aliphatic carbocycles. The minimum absolute atomic E-state index is 0.278. The van der Waals surface area contributed by atoms with Crippen LogP contribution >= 0.6 is 0 Å². The van der Waals surface area contributed by atoms with Crippen molar-refractivity contribution in [2.75, 3.05) is 5.75 Å². The zero-order valence-electron chi connectivity index (χ0n) is 7.70. The molecule has 1 heterocycles. The molecule has 0 aromatic heterocycles. The summed E-state index contributed by atoms with van der Waals surface area (Å²) in [7, 11) is -2.98. The zero-order valence-corrected chi connectivity index (χ0v) is 8.52. The highest BCUT2D eigenvalue weighted by Crippen LogP contribution is 2.40. The topological polar surface area (TPSA) is 54.4 Å². The SMILES string of the molecule is O=S1(=O)CCCC1C1(O)CCCC1. The molecule has 1 saturated carbocycles. The molecule has 1 saturated heterocycles. The number of hydrogen-bond acceptors (Lipinski definition) is 3. The first-order valence-electron chi connectivity index (χ1n) is 4.99. The first-order valence-corrected chi connectivity index (χ1v) is 6.70. The van der Waals surface area contributed by atoms with Gasteiger partial charge in [-0.2, -0.15) is 0 Å². The fraction of sp³-hybridized carbons (Fsp3) is 1.00. The highest BCUT2D eigenvalue weighted by Gasteiger charge is 2.48. The van der Waals surface area contributed by atoms with Gasteiger partial charge in [0.2, 0.25) is 0 Å². The summed E-state index contributed by atoms with van der Waals surface area (Å²) in [6, 6.07) is 0. The van der Waals surface area contributed by atoms with Crippen molar-refractivity contribution in [3.8, 4) is 0 Å². The van der Waals surface area contributed by atoms with E-state index in [-0.39, 0.29) is 5.75 Å². The van der Waals surface area contributed by atoms with Crippen LogP contribution in [-0.2, 0) is 9.84 Å². The van der Waals surface area contributed by atoms with E-state index in [2.05, 4.69) is 0 Å². The van der Waals surface area contributed by atoms with Crippen molar-refractivity contribution in [1.82, 2.24) is 0 Å². The van der Waals surface area contributed by atoms with E-state index in [0.29, 0.717) is 19.3 Å². The smallest absolute Gasteiger partial charge is 0.155 e. The van der Waals surface area contributed by atoms with E-state index in [9.17, 15) is 13.5 Å². The maximum absolute atomic E-state index is 11.6. The van der Waals surface area contributed by atoms with Gasteiger partial charge in [0.15, 0.2) is 9.84 Å². The second-order valence-corrected chi connectivity index (χ2v) is 6.61. The van der Waals surface area contributed by atoms with Crippen molar-refractivity contribution in [3.05, 3.63) is 0 Å². The Morgan fingerprint density at radius 2 is 1.77 bits per heavy atom. The van der Waals surface area contributed by atoms with Crippen LogP contribution in [0.25, 0.3) is 0 Å². The molecule has 13 heavy (non-hydrogen) atoms. The minimum Gasteiger partial charge on any atom is -0.389 e. The van der Waals surface area contributed by atoms with Crippen LogP contribution in [0.4, 0.5) is 0 Å². The normalized spacial score (nSPS) is 36.5. The first-order chi connectivity index (χ1) is 6.05. The summed E-state index contributed by atoms with van der Waals surface area (Å²) >= 11 is 0. The molecule has 2 rings (SSSR count). The number of aliphatic hydroxyl groups is 1. The van der Waals surface area contributed by atoms with Crippen molar-refractivity contribution in [2.45, 2.75) is 49.4 Å². The second-order valence-electron chi connectivity index (χ2n) is 4.31. The van der Waals surface area contributed by atoms with Crippen LogP contribution in [0.15, 0.2) is 0 Å². The van der Waals surface area contributed by atoms with Crippen LogP contribution < -0.4 is 0 Å². The third-order valence-electron chi connectivity index (χ3n) is 3.40. The third kappa shape index (κ3) is 1.50. The first kappa shape index (κ1) is 9.46. The number of hydrogen-bond donors (Lipinski definition) is 1. The lowest BCUT2D eigenvalue weighted by molar-refractivity contribution is 0.0426. The van der Waals surface area contributed by atoms with Gasteiger partial charge in [0.25, 0.3) is 0 Å². The molecule has 1 N–H and O–H groups in total. The number of sulfone groups is 1. The maximum Gasteiger partial charge on any atom is 0.155 e. The van der Waals surface area contributed by atoms with E-state index < -0.39 is 20.7 Å². The predicted molar refractivity (Wildman–Crippen MR) is 50.2 cm³/mol. The molecular formula is C9H16O3S. The van der Waals surface area contributed by atoms with Crippen LogP contribution in [0.2, 0.25) is 0 Å². The van der Waals surface area contributed by atoms with Gasteiger partial charge in [-0.1, -0.05) is 12.8 Å². The van der Waals surface area contributed by atoms with Crippen molar-refractivity contribution < 1.29 is 13.5 Å². The lowest BCUT2D eigenvalue weighted by Gasteiger charge is -2.28. The van der Waals surface area contributed by atoms with Crippen LogP contribution in [0, 0.1) is 0 Å². The Morgan fingerprint density at radius 3 is 2.23 bits per heavy atom. The van der Waals surface area contributed by atoms with Gasteiger partial charge in [0, 0.05) is 0 Å².